The van der Waals surface area contributed by atoms with Gasteiger partial charge in [-0.25, -0.2) is 13.6 Å². The molecular weight excluding hydrogens is 218 g/mol. The van der Waals surface area contributed by atoms with Gasteiger partial charge in [0, 0.05) is 22.7 Å². The highest BCUT2D eigenvalue weighted by Gasteiger charge is 2.11. The predicted octanol–water partition coefficient (Wildman–Crippen LogP) is 3.20. The van der Waals surface area contributed by atoms with Crippen LogP contribution in [0.2, 0.25) is 0 Å². The molecule has 0 bridgehead atoms. The molecule has 16 heavy (non-hydrogen) atoms. The molecule has 0 radical (unpaired) electrons. The first-order valence-corrected chi connectivity index (χ1v) is 4.47. The van der Waals surface area contributed by atoms with Crippen molar-refractivity contribution in [3.05, 3.63) is 30.0 Å². The van der Waals surface area contributed by atoms with Gasteiger partial charge in [-0.15, -0.1) is 0 Å². The summed E-state index contributed by atoms with van der Waals surface area (Å²) in [4.78, 5) is 13.2. The number of hydrogen-bond donors (Lipinski definition) is 3. The summed E-state index contributed by atoms with van der Waals surface area (Å²) < 4.78 is 24.9. The number of anilines is 1. The van der Waals surface area contributed by atoms with Crippen LogP contribution in [0.3, 0.4) is 0 Å². The van der Waals surface area contributed by atoms with Crippen LogP contribution in [0, 0.1) is 0 Å². The molecule has 0 saturated carbocycles. The lowest BCUT2D eigenvalue weighted by atomic mass is 10.1. The molecule has 3 N–H and O–H groups in total. The lowest BCUT2D eigenvalue weighted by Gasteiger charge is -2.01. The van der Waals surface area contributed by atoms with Crippen LogP contribution >= 0.6 is 0 Å². The third-order valence-corrected chi connectivity index (χ3v) is 2.20. The molecule has 0 atom stereocenters. The highest BCUT2D eigenvalue weighted by Crippen LogP contribution is 2.28. The first kappa shape index (κ1) is 10.4. The SMILES string of the molecule is O=C(O)Nc1c[nH]c2ccc(C(F)F)cc12. The van der Waals surface area contributed by atoms with Crippen LogP contribution in [0.25, 0.3) is 10.9 Å². The second-order valence-corrected chi connectivity index (χ2v) is 3.24. The van der Waals surface area contributed by atoms with Crippen LogP contribution in [0.4, 0.5) is 19.3 Å². The average molecular weight is 226 g/mol. The van der Waals surface area contributed by atoms with Gasteiger partial charge in [0.2, 0.25) is 0 Å². The molecule has 6 heteroatoms. The molecule has 0 aliphatic rings. The molecule has 1 heterocycles. The molecule has 0 unspecified atom stereocenters. The molecule has 1 aromatic heterocycles. The number of H-pyrrole nitrogens is 1. The summed E-state index contributed by atoms with van der Waals surface area (Å²) in [6, 6.07) is 4.06. The van der Waals surface area contributed by atoms with Gasteiger partial charge in [0.1, 0.15) is 0 Å². The average Bonchev–Trinajstić information content (AvgIpc) is 2.60. The van der Waals surface area contributed by atoms with E-state index in [0.717, 1.165) is 0 Å². The summed E-state index contributed by atoms with van der Waals surface area (Å²) in [6.45, 7) is 0. The van der Waals surface area contributed by atoms with E-state index in [1.165, 1.54) is 24.4 Å². The topological polar surface area (TPSA) is 65.1 Å². The van der Waals surface area contributed by atoms with E-state index >= 15 is 0 Å². The van der Waals surface area contributed by atoms with E-state index in [4.69, 9.17) is 5.11 Å². The van der Waals surface area contributed by atoms with Crippen LogP contribution in [0.5, 0.6) is 0 Å². The molecule has 2 aromatic rings. The number of carboxylic acid groups (broad SMARTS) is 1. The number of hydrogen-bond acceptors (Lipinski definition) is 1. The minimum Gasteiger partial charge on any atom is -0.465 e. The van der Waals surface area contributed by atoms with Crippen molar-refractivity contribution in [3.63, 3.8) is 0 Å². The van der Waals surface area contributed by atoms with Crippen molar-refractivity contribution in [2.75, 3.05) is 5.32 Å². The smallest absolute Gasteiger partial charge is 0.409 e. The number of carbonyl (C=O) groups is 1. The lowest BCUT2D eigenvalue weighted by molar-refractivity contribution is 0.151. The molecule has 4 nitrogen and oxygen atoms in total. The Morgan fingerprint density at radius 2 is 2.19 bits per heavy atom. The molecule has 0 aliphatic carbocycles. The largest absolute Gasteiger partial charge is 0.465 e. The maximum absolute atomic E-state index is 12.4. The third kappa shape index (κ3) is 1.81. The van der Waals surface area contributed by atoms with E-state index in [9.17, 15) is 13.6 Å². The summed E-state index contributed by atoms with van der Waals surface area (Å²) >= 11 is 0. The normalized spacial score (nSPS) is 10.9. The molecule has 1 aromatic carbocycles. The van der Waals surface area contributed by atoms with Gasteiger partial charge in [-0.3, -0.25) is 5.32 Å². The zero-order chi connectivity index (χ0) is 11.7. The van der Waals surface area contributed by atoms with Gasteiger partial charge in [-0.2, -0.15) is 0 Å². The Morgan fingerprint density at radius 1 is 1.44 bits per heavy atom. The van der Waals surface area contributed by atoms with Gasteiger partial charge in [0.05, 0.1) is 5.69 Å². The van der Waals surface area contributed by atoms with Gasteiger partial charge in [0.25, 0.3) is 6.43 Å². The van der Waals surface area contributed by atoms with Crippen molar-refractivity contribution in [2.24, 2.45) is 0 Å². The number of nitrogens with one attached hydrogen (secondary N) is 2. The quantitative estimate of drug-likeness (QED) is 0.736. The van der Waals surface area contributed by atoms with Gasteiger partial charge in [0.15, 0.2) is 0 Å². The van der Waals surface area contributed by atoms with Crippen molar-refractivity contribution in [2.45, 2.75) is 6.43 Å². The third-order valence-electron chi connectivity index (χ3n) is 2.20. The van der Waals surface area contributed by atoms with Crippen molar-refractivity contribution >= 4 is 22.7 Å². The Labute approximate surface area is 88.9 Å². The van der Waals surface area contributed by atoms with E-state index in [-0.39, 0.29) is 11.3 Å². The Bertz CT molecular complexity index is 537. The van der Waals surface area contributed by atoms with E-state index < -0.39 is 12.5 Å². The standard InChI is InChI=1S/C10H8F2N2O2/c11-9(12)5-1-2-7-6(3-5)8(4-13-7)14-10(15)16/h1-4,9,13-14H,(H,15,16). The van der Waals surface area contributed by atoms with E-state index in [1.54, 1.807) is 0 Å². The van der Waals surface area contributed by atoms with Crippen LogP contribution in [0.1, 0.15) is 12.0 Å². The molecule has 1 amide bonds. The maximum Gasteiger partial charge on any atom is 0.409 e. The maximum atomic E-state index is 12.4. The molecule has 0 spiro atoms. The fourth-order valence-electron chi connectivity index (χ4n) is 1.49. The summed E-state index contributed by atoms with van der Waals surface area (Å²) in [5, 5.41) is 11.1. The zero-order valence-electron chi connectivity index (χ0n) is 8.00. The molecule has 0 saturated heterocycles. The second-order valence-electron chi connectivity index (χ2n) is 3.24. The minimum absolute atomic E-state index is 0.138. The predicted molar refractivity (Wildman–Crippen MR) is 54.9 cm³/mol. The van der Waals surface area contributed by atoms with Crippen LogP contribution in [-0.4, -0.2) is 16.2 Å². The van der Waals surface area contributed by atoms with Gasteiger partial charge < -0.3 is 10.1 Å². The molecule has 2 rings (SSSR count). The lowest BCUT2D eigenvalue weighted by Crippen LogP contribution is -2.06. The monoisotopic (exact) mass is 226 g/mol. The molecule has 0 fully saturated rings. The van der Waals surface area contributed by atoms with E-state index in [2.05, 4.69) is 10.3 Å². The van der Waals surface area contributed by atoms with Crippen molar-refractivity contribution in [1.82, 2.24) is 4.98 Å². The zero-order valence-corrected chi connectivity index (χ0v) is 8.00. The summed E-state index contributed by atoms with van der Waals surface area (Å²) in [6.07, 6.45) is -2.38. The molecule has 0 aliphatic heterocycles. The highest BCUT2D eigenvalue weighted by atomic mass is 19.3. The fraction of sp³-hybridized carbons (Fsp3) is 0.100. The summed E-state index contributed by atoms with van der Waals surface area (Å²) in [5.74, 6) is 0. The molecule has 84 valence electrons. The summed E-state index contributed by atoms with van der Waals surface area (Å²) in [5.41, 5.74) is 0.735. The highest BCUT2D eigenvalue weighted by molar-refractivity contribution is 5.99. The van der Waals surface area contributed by atoms with E-state index in [0.29, 0.717) is 10.9 Å². The van der Waals surface area contributed by atoms with Crippen LogP contribution in [0.15, 0.2) is 24.4 Å². The van der Waals surface area contributed by atoms with Gasteiger partial charge in [-0.05, 0) is 12.1 Å². The van der Waals surface area contributed by atoms with Crippen LogP contribution < -0.4 is 5.32 Å². The van der Waals surface area contributed by atoms with Crippen molar-refractivity contribution in [1.29, 1.82) is 0 Å². The molecular formula is C10H8F2N2O2. The Morgan fingerprint density at radius 3 is 2.81 bits per heavy atom. The second kappa shape index (κ2) is 3.80. The number of amides is 1. The summed E-state index contributed by atoms with van der Waals surface area (Å²) in [7, 11) is 0. The Kier molecular flexibility index (Phi) is 2.47. The number of rotatable bonds is 2. The number of alkyl halides is 2. The minimum atomic E-state index is -2.57. The van der Waals surface area contributed by atoms with Crippen LogP contribution in [-0.2, 0) is 0 Å². The number of halogens is 2. The fourth-order valence-corrected chi connectivity index (χ4v) is 1.49. The van der Waals surface area contributed by atoms with Crippen molar-refractivity contribution < 1.29 is 18.7 Å². The first-order chi connectivity index (χ1) is 7.58. The number of aromatic nitrogens is 1. The first-order valence-electron chi connectivity index (χ1n) is 4.47. The Balaban J connectivity index is 2.51. The van der Waals surface area contributed by atoms with Gasteiger partial charge >= 0.3 is 6.09 Å². The van der Waals surface area contributed by atoms with Crippen molar-refractivity contribution in [3.8, 4) is 0 Å². The van der Waals surface area contributed by atoms with E-state index in [1.807, 2.05) is 0 Å². The number of benzene rings is 1. The van der Waals surface area contributed by atoms with Gasteiger partial charge in [-0.1, -0.05) is 6.07 Å². The number of fused-ring (bicyclic) bond motifs is 1. The number of aromatic amines is 1. The Hall–Kier alpha value is -2.11.